The van der Waals surface area contributed by atoms with Crippen LogP contribution >= 0.6 is 11.8 Å². The summed E-state index contributed by atoms with van der Waals surface area (Å²) in [6.07, 6.45) is 2.33. The highest BCUT2D eigenvalue weighted by molar-refractivity contribution is 7.98. The average molecular weight is 488 g/mol. The first-order chi connectivity index (χ1) is 16.3. The SMILES string of the molecule is CSCCC(NC(=O)c1cccc([N+](=O)[O-])c1)C(=O)N1CCN(c2cccc([N+](=O)[O-])c2)CC1. The molecule has 1 N–H and O–H groups in total. The Morgan fingerprint density at radius 1 is 1.00 bits per heavy atom. The first-order valence-electron chi connectivity index (χ1n) is 10.6. The molecule has 0 aromatic heterocycles. The van der Waals surface area contributed by atoms with E-state index in [9.17, 15) is 29.8 Å². The first kappa shape index (κ1) is 25.0. The lowest BCUT2D eigenvalue weighted by molar-refractivity contribution is -0.385. The van der Waals surface area contributed by atoms with E-state index >= 15 is 0 Å². The Balaban J connectivity index is 1.66. The molecule has 2 aromatic carbocycles. The van der Waals surface area contributed by atoms with E-state index in [2.05, 4.69) is 5.32 Å². The summed E-state index contributed by atoms with van der Waals surface area (Å²) in [4.78, 5) is 50.6. The number of carbonyl (C=O) groups is 2. The number of nitro groups is 2. The number of rotatable bonds is 9. The number of non-ortho nitro benzene ring substituents is 2. The molecular formula is C22H25N5O6S. The van der Waals surface area contributed by atoms with Crippen molar-refractivity contribution in [1.82, 2.24) is 10.2 Å². The van der Waals surface area contributed by atoms with Crippen LogP contribution in [0, 0.1) is 20.2 Å². The Hall–Kier alpha value is -3.67. The normalized spacial score (nSPS) is 14.4. The van der Waals surface area contributed by atoms with Gasteiger partial charge in [-0.1, -0.05) is 12.1 Å². The van der Waals surface area contributed by atoms with Crippen LogP contribution in [0.2, 0.25) is 0 Å². The van der Waals surface area contributed by atoms with Crippen molar-refractivity contribution in [2.75, 3.05) is 43.1 Å². The van der Waals surface area contributed by atoms with E-state index in [0.717, 1.165) is 5.69 Å². The van der Waals surface area contributed by atoms with Crippen molar-refractivity contribution in [2.24, 2.45) is 0 Å². The smallest absolute Gasteiger partial charge is 0.271 e. The lowest BCUT2D eigenvalue weighted by atomic mass is 10.1. The number of amides is 2. The summed E-state index contributed by atoms with van der Waals surface area (Å²) < 4.78 is 0. The van der Waals surface area contributed by atoms with Gasteiger partial charge in [0.15, 0.2) is 0 Å². The number of anilines is 1. The summed E-state index contributed by atoms with van der Waals surface area (Å²) in [5.41, 5.74) is 0.653. The van der Waals surface area contributed by atoms with Crippen molar-refractivity contribution < 1.29 is 19.4 Å². The average Bonchev–Trinajstić information content (AvgIpc) is 2.86. The lowest BCUT2D eigenvalue weighted by Crippen LogP contribution is -2.55. The van der Waals surface area contributed by atoms with Crippen LogP contribution in [0.25, 0.3) is 0 Å². The summed E-state index contributed by atoms with van der Waals surface area (Å²) in [6, 6.07) is 11.0. The summed E-state index contributed by atoms with van der Waals surface area (Å²) in [5.74, 6) is -0.107. The van der Waals surface area contributed by atoms with Crippen LogP contribution < -0.4 is 10.2 Å². The fourth-order valence-corrected chi connectivity index (χ4v) is 4.18. The standard InChI is InChI=1S/C22H25N5O6S/c1-34-13-8-20(23-21(28)16-4-2-6-18(14-16)26(30)31)22(29)25-11-9-24(10-12-25)17-5-3-7-19(15-17)27(32)33/h2-7,14-15,20H,8-13H2,1H3,(H,23,28). The van der Waals surface area contributed by atoms with E-state index in [4.69, 9.17) is 0 Å². The van der Waals surface area contributed by atoms with Gasteiger partial charge in [0.1, 0.15) is 6.04 Å². The molecule has 1 unspecified atom stereocenters. The molecule has 1 fully saturated rings. The first-order valence-corrected chi connectivity index (χ1v) is 12.0. The molecule has 0 bridgehead atoms. The monoisotopic (exact) mass is 487 g/mol. The second kappa shape index (κ2) is 11.5. The Bertz CT molecular complexity index is 1070. The minimum absolute atomic E-state index is 0.0111. The molecule has 1 saturated heterocycles. The van der Waals surface area contributed by atoms with Crippen LogP contribution in [0.4, 0.5) is 17.1 Å². The van der Waals surface area contributed by atoms with Gasteiger partial charge in [-0.25, -0.2) is 0 Å². The van der Waals surface area contributed by atoms with Gasteiger partial charge in [0.05, 0.1) is 9.85 Å². The number of nitrogens with zero attached hydrogens (tertiary/aromatic N) is 4. The van der Waals surface area contributed by atoms with Crippen LogP contribution in [-0.2, 0) is 4.79 Å². The molecular weight excluding hydrogens is 462 g/mol. The maximum atomic E-state index is 13.2. The van der Waals surface area contributed by atoms with Gasteiger partial charge in [-0.05, 0) is 30.6 Å². The summed E-state index contributed by atoms with van der Waals surface area (Å²) in [6.45, 7) is 1.82. The zero-order valence-electron chi connectivity index (χ0n) is 18.6. The number of thioether (sulfide) groups is 1. The molecule has 2 amide bonds. The molecule has 12 heteroatoms. The lowest BCUT2D eigenvalue weighted by Gasteiger charge is -2.37. The van der Waals surface area contributed by atoms with Crippen molar-refractivity contribution in [3.8, 4) is 0 Å². The molecule has 1 aliphatic rings. The zero-order valence-corrected chi connectivity index (χ0v) is 19.4. The molecule has 1 heterocycles. The highest BCUT2D eigenvalue weighted by atomic mass is 32.2. The zero-order chi connectivity index (χ0) is 24.7. The minimum atomic E-state index is -0.761. The molecule has 34 heavy (non-hydrogen) atoms. The quantitative estimate of drug-likeness (QED) is 0.421. The van der Waals surface area contributed by atoms with Gasteiger partial charge < -0.3 is 15.1 Å². The number of piperazine rings is 1. The molecule has 11 nitrogen and oxygen atoms in total. The third kappa shape index (κ3) is 6.22. The van der Waals surface area contributed by atoms with Crippen LogP contribution in [-0.4, -0.2) is 70.8 Å². The minimum Gasteiger partial charge on any atom is -0.368 e. The number of nitrogens with one attached hydrogen (secondary N) is 1. The van der Waals surface area contributed by atoms with Gasteiger partial charge in [0.2, 0.25) is 5.91 Å². The van der Waals surface area contributed by atoms with Gasteiger partial charge in [-0.3, -0.25) is 29.8 Å². The van der Waals surface area contributed by atoms with Crippen molar-refractivity contribution in [3.63, 3.8) is 0 Å². The molecule has 0 aliphatic carbocycles. The van der Waals surface area contributed by atoms with Crippen molar-refractivity contribution in [3.05, 3.63) is 74.3 Å². The molecule has 0 saturated carbocycles. The fraction of sp³-hybridized carbons (Fsp3) is 0.364. The molecule has 0 spiro atoms. The fourth-order valence-electron chi connectivity index (χ4n) is 3.70. The summed E-state index contributed by atoms with van der Waals surface area (Å²) in [5, 5.41) is 24.8. The predicted molar refractivity (Wildman–Crippen MR) is 129 cm³/mol. The number of benzene rings is 2. The maximum absolute atomic E-state index is 13.2. The van der Waals surface area contributed by atoms with Crippen LogP contribution in [0.1, 0.15) is 16.8 Å². The molecule has 0 radical (unpaired) electrons. The molecule has 3 rings (SSSR count). The number of hydrogen-bond donors (Lipinski definition) is 1. The topological polar surface area (TPSA) is 139 Å². The Kier molecular flexibility index (Phi) is 8.41. The Morgan fingerprint density at radius 2 is 1.62 bits per heavy atom. The molecule has 1 atom stereocenters. The highest BCUT2D eigenvalue weighted by Gasteiger charge is 2.29. The van der Waals surface area contributed by atoms with Gasteiger partial charge in [0.25, 0.3) is 17.3 Å². The molecule has 2 aromatic rings. The summed E-state index contributed by atoms with van der Waals surface area (Å²) >= 11 is 1.55. The third-order valence-electron chi connectivity index (χ3n) is 5.53. The van der Waals surface area contributed by atoms with E-state index in [1.54, 1.807) is 28.8 Å². The molecule has 180 valence electrons. The van der Waals surface area contributed by atoms with E-state index < -0.39 is 21.8 Å². The van der Waals surface area contributed by atoms with Gasteiger partial charge in [0, 0.05) is 61.7 Å². The molecule has 1 aliphatic heterocycles. The van der Waals surface area contributed by atoms with E-state index in [1.807, 2.05) is 11.2 Å². The van der Waals surface area contributed by atoms with E-state index in [1.165, 1.54) is 36.4 Å². The van der Waals surface area contributed by atoms with Gasteiger partial charge in [-0.15, -0.1) is 0 Å². The van der Waals surface area contributed by atoms with Crippen LogP contribution in [0.5, 0.6) is 0 Å². The Morgan fingerprint density at radius 3 is 2.24 bits per heavy atom. The van der Waals surface area contributed by atoms with Gasteiger partial charge in [-0.2, -0.15) is 11.8 Å². The predicted octanol–water partition coefficient (Wildman–Crippen LogP) is 2.70. The second-order valence-electron chi connectivity index (χ2n) is 7.70. The highest BCUT2D eigenvalue weighted by Crippen LogP contribution is 2.22. The van der Waals surface area contributed by atoms with E-state index in [0.29, 0.717) is 38.4 Å². The van der Waals surface area contributed by atoms with Gasteiger partial charge >= 0.3 is 0 Å². The maximum Gasteiger partial charge on any atom is 0.271 e. The van der Waals surface area contributed by atoms with Crippen LogP contribution in [0.3, 0.4) is 0 Å². The number of carbonyl (C=O) groups excluding carboxylic acids is 2. The third-order valence-corrected chi connectivity index (χ3v) is 6.17. The largest absolute Gasteiger partial charge is 0.368 e. The van der Waals surface area contributed by atoms with Crippen molar-refractivity contribution in [1.29, 1.82) is 0 Å². The van der Waals surface area contributed by atoms with Crippen molar-refractivity contribution >= 4 is 40.6 Å². The van der Waals surface area contributed by atoms with E-state index in [-0.39, 0.29) is 22.8 Å². The number of nitro benzene ring substituents is 2. The van der Waals surface area contributed by atoms with Crippen molar-refractivity contribution in [2.45, 2.75) is 12.5 Å². The van der Waals surface area contributed by atoms with Crippen LogP contribution in [0.15, 0.2) is 48.5 Å². The second-order valence-corrected chi connectivity index (χ2v) is 8.69. The summed E-state index contributed by atoms with van der Waals surface area (Å²) in [7, 11) is 0. The number of hydrogen-bond acceptors (Lipinski definition) is 8. The Labute approximate surface area is 200 Å².